The summed E-state index contributed by atoms with van der Waals surface area (Å²) in [6, 6.07) is 72.5. The van der Waals surface area contributed by atoms with Crippen LogP contribution < -0.4 is 9.80 Å². The van der Waals surface area contributed by atoms with Gasteiger partial charge in [0.15, 0.2) is 0 Å². The second kappa shape index (κ2) is 17.6. The third-order valence-corrected chi connectivity index (χ3v) is 12.5. The molecule has 2 nitrogen and oxygen atoms in total. The minimum absolute atomic E-state index is 0.412. The zero-order valence-corrected chi connectivity index (χ0v) is 36.9. The Labute approximate surface area is 368 Å². The molecule has 0 saturated heterocycles. The van der Waals surface area contributed by atoms with Crippen LogP contribution in [0, 0.1) is 0 Å². The Bertz CT molecular complexity index is 2790. The van der Waals surface area contributed by atoms with E-state index in [2.05, 4.69) is 245 Å². The standard InChI is InChI=1S/C60H56N2/c1-7-43-19-15-27-49(35-43)61(51-29-17-25-47(37-51)41(3)4)53-31-33-55-57(39-53)59(45-21-11-9-12-22-45)56-34-32-54(40-58(56)60(55)46-23-13-10-14-24-46)62(50-28-16-20-44(8-2)36-50)52-30-18-26-48(38-52)42(5)6/h9-42H,7-8H2,1-6H3. The fraction of sp³-hybridized carbons (Fsp3) is 0.167. The summed E-state index contributed by atoms with van der Waals surface area (Å²) in [5, 5.41) is 4.90. The molecular weight excluding hydrogens is 749 g/mol. The average Bonchev–Trinajstić information content (AvgIpc) is 3.31. The van der Waals surface area contributed by atoms with Gasteiger partial charge in [0, 0.05) is 34.1 Å². The van der Waals surface area contributed by atoms with E-state index in [0.29, 0.717) is 11.8 Å². The van der Waals surface area contributed by atoms with Gasteiger partial charge in [-0.3, -0.25) is 0 Å². The molecule has 0 atom stereocenters. The lowest BCUT2D eigenvalue weighted by molar-refractivity contribution is 0.866. The number of hydrogen-bond donors (Lipinski definition) is 0. The van der Waals surface area contributed by atoms with Gasteiger partial charge < -0.3 is 9.80 Å². The summed E-state index contributed by atoms with van der Waals surface area (Å²) in [7, 11) is 0. The molecule has 306 valence electrons. The van der Waals surface area contributed by atoms with E-state index in [4.69, 9.17) is 0 Å². The third kappa shape index (κ3) is 7.90. The minimum atomic E-state index is 0.412. The van der Waals surface area contributed by atoms with Gasteiger partial charge in [0.25, 0.3) is 0 Å². The second-order valence-corrected chi connectivity index (χ2v) is 17.2. The van der Waals surface area contributed by atoms with Crippen LogP contribution in [-0.2, 0) is 12.8 Å². The highest BCUT2D eigenvalue weighted by Crippen LogP contribution is 2.48. The number of rotatable bonds is 12. The normalized spacial score (nSPS) is 11.5. The van der Waals surface area contributed by atoms with Crippen LogP contribution in [0.1, 0.15) is 75.6 Å². The molecule has 62 heavy (non-hydrogen) atoms. The van der Waals surface area contributed by atoms with Crippen LogP contribution in [0.2, 0.25) is 0 Å². The Balaban J connectivity index is 1.36. The maximum absolute atomic E-state index is 2.45. The zero-order chi connectivity index (χ0) is 42.7. The number of fused-ring (bicyclic) bond motifs is 2. The van der Waals surface area contributed by atoms with Crippen molar-refractivity contribution in [3.8, 4) is 22.3 Å². The van der Waals surface area contributed by atoms with Crippen molar-refractivity contribution in [3.63, 3.8) is 0 Å². The summed E-state index contributed by atoms with van der Waals surface area (Å²) in [6.45, 7) is 13.6. The van der Waals surface area contributed by atoms with Gasteiger partial charge in [-0.1, -0.05) is 163 Å². The SMILES string of the molecule is CCc1cccc(N(c2cccc(C(C)C)c2)c2ccc3c(-c4ccccc4)c4cc(N(c5cccc(CC)c5)c5cccc(C(C)C)c5)ccc4c(-c4ccccc4)c3c2)c1. The molecule has 0 bridgehead atoms. The van der Waals surface area contributed by atoms with Crippen LogP contribution in [0.5, 0.6) is 0 Å². The van der Waals surface area contributed by atoms with Crippen LogP contribution in [0.4, 0.5) is 34.1 Å². The van der Waals surface area contributed by atoms with Crippen molar-refractivity contribution >= 4 is 55.7 Å². The Morgan fingerprint density at radius 1 is 0.323 bits per heavy atom. The highest BCUT2D eigenvalue weighted by molar-refractivity contribution is 6.22. The highest BCUT2D eigenvalue weighted by Gasteiger charge is 2.23. The molecule has 0 spiro atoms. The number of nitrogens with zero attached hydrogens (tertiary/aromatic N) is 2. The van der Waals surface area contributed by atoms with E-state index in [0.717, 1.165) is 47.0 Å². The lowest BCUT2D eigenvalue weighted by Gasteiger charge is -2.29. The van der Waals surface area contributed by atoms with Crippen LogP contribution >= 0.6 is 0 Å². The quantitative estimate of drug-likeness (QED) is 0.114. The predicted octanol–water partition coefficient (Wildman–Crippen LogP) is 17.6. The lowest BCUT2D eigenvalue weighted by Crippen LogP contribution is -2.11. The van der Waals surface area contributed by atoms with Crippen molar-refractivity contribution in [1.29, 1.82) is 0 Å². The first kappa shape index (κ1) is 40.5. The van der Waals surface area contributed by atoms with Crippen LogP contribution in [0.25, 0.3) is 43.8 Å². The number of anilines is 6. The largest absolute Gasteiger partial charge is 0.310 e. The lowest BCUT2D eigenvalue weighted by atomic mass is 9.85. The van der Waals surface area contributed by atoms with Crippen molar-refractivity contribution in [2.45, 2.75) is 66.2 Å². The van der Waals surface area contributed by atoms with Crippen molar-refractivity contribution in [3.05, 3.63) is 216 Å². The van der Waals surface area contributed by atoms with E-state index in [-0.39, 0.29) is 0 Å². The number of aryl methyl sites for hydroxylation is 2. The smallest absolute Gasteiger partial charge is 0.0468 e. The predicted molar refractivity (Wildman–Crippen MR) is 269 cm³/mol. The van der Waals surface area contributed by atoms with Gasteiger partial charge in [0.2, 0.25) is 0 Å². The van der Waals surface area contributed by atoms with Crippen molar-refractivity contribution in [2.75, 3.05) is 9.80 Å². The molecule has 9 rings (SSSR count). The molecule has 0 amide bonds. The first-order chi connectivity index (χ1) is 30.3. The molecule has 0 unspecified atom stereocenters. The molecule has 0 heterocycles. The average molecular weight is 805 g/mol. The molecule has 0 N–H and O–H groups in total. The second-order valence-electron chi connectivity index (χ2n) is 17.2. The van der Waals surface area contributed by atoms with E-state index in [1.165, 1.54) is 66.1 Å². The molecule has 0 saturated carbocycles. The molecule has 0 aliphatic heterocycles. The molecule has 9 aromatic rings. The van der Waals surface area contributed by atoms with E-state index in [1.54, 1.807) is 0 Å². The van der Waals surface area contributed by atoms with Gasteiger partial charge in [-0.15, -0.1) is 0 Å². The minimum Gasteiger partial charge on any atom is -0.310 e. The van der Waals surface area contributed by atoms with Crippen molar-refractivity contribution in [2.24, 2.45) is 0 Å². The summed E-state index contributed by atoms with van der Waals surface area (Å²) < 4.78 is 0. The first-order valence-electron chi connectivity index (χ1n) is 22.4. The number of benzene rings is 9. The summed E-state index contributed by atoms with van der Waals surface area (Å²) in [5.74, 6) is 0.825. The van der Waals surface area contributed by atoms with E-state index in [9.17, 15) is 0 Å². The topological polar surface area (TPSA) is 6.48 Å². The molecule has 2 heteroatoms. The molecule has 0 aliphatic rings. The molecule has 0 aliphatic carbocycles. The first-order valence-corrected chi connectivity index (χ1v) is 22.4. The van der Waals surface area contributed by atoms with Crippen LogP contribution in [0.3, 0.4) is 0 Å². The molecule has 0 radical (unpaired) electrons. The van der Waals surface area contributed by atoms with Crippen LogP contribution in [-0.4, -0.2) is 0 Å². The Hall–Kier alpha value is -6.90. The van der Waals surface area contributed by atoms with Crippen molar-refractivity contribution < 1.29 is 0 Å². The molecule has 0 aromatic heterocycles. The molecular formula is C60H56N2. The Morgan fingerprint density at radius 3 is 1.05 bits per heavy atom. The fourth-order valence-electron chi connectivity index (χ4n) is 9.09. The maximum Gasteiger partial charge on any atom is 0.0468 e. The molecule has 9 aromatic carbocycles. The third-order valence-electron chi connectivity index (χ3n) is 12.5. The maximum atomic E-state index is 2.45. The van der Waals surface area contributed by atoms with Gasteiger partial charge in [0.05, 0.1) is 0 Å². The summed E-state index contributed by atoms with van der Waals surface area (Å²) in [6.07, 6.45) is 1.95. The summed E-state index contributed by atoms with van der Waals surface area (Å²) in [4.78, 5) is 4.89. The van der Waals surface area contributed by atoms with E-state index >= 15 is 0 Å². The zero-order valence-electron chi connectivity index (χ0n) is 36.9. The van der Waals surface area contributed by atoms with Gasteiger partial charge in [0.1, 0.15) is 0 Å². The monoisotopic (exact) mass is 804 g/mol. The van der Waals surface area contributed by atoms with Crippen molar-refractivity contribution in [1.82, 2.24) is 0 Å². The van der Waals surface area contributed by atoms with E-state index < -0.39 is 0 Å². The Kier molecular flexibility index (Phi) is 11.5. The van der Waals surface area contributed by atoms with E-state index in [1.807, 2.05) is 0 Å². The molecule has 0 fully saturated rings. The fourth-order valence-corrected chi connectivity index (χ4v) is 9.09. The van der Waals surface area contributed by atoms with Crippen LogP contribution in [0.15, 0.2) is 194 Å². The summed E-state index contributed by atoms with van der Waals surface area (Å²) >= 11 is 0. The van der Waals surface area contributed by atoms with Gasteiger partial charge in [-0.05, 0) is 164 Å². The Morgan fingerprint density at radius 2 is 0.677 bits per heavy atom. The summed E-state index contributed by atoms with van der Waals surface area (Å²) in [5.41, 5.74) is 17.1. The van der Waals surface area contributed by atoms with Gasteiger partial charge in [-0.25, -0.2) is 0 Å². The van der Waals surface area contributed by atoms with Gasteiger partial charge >= 0.3 is 0 Å². The number of hydrogen-bond acceptors (Lipinski definition) is 2. The van der Waals surface area contributed by atoms with Gasteiger partial charge in [-0.2, -0.15) is 0 Å². The highest BCUT2D eigenvalue weighted by atomic mass is 15.1.